The average Bonchev–Trinajstić information content (AvgIpc) is 2.57. The van der Waals surface area contributed by atoms with Crippen LogP contribution in [0, 0.1) is 3.57 Å². The van der Waals surface area contributed by atoms with E-state index in [2.05, 4.69) is 31.8 Å². The Hall–Kier alpha value is -1.81. The molecule has 0 fully saturated rings. The van der Waals surface area contributed by atoms with Crippen molar-refractivity contribution in [3.63, 3.8) is 0 Å². The Morgan fingerprint density at radius 3 is 2.75 bits per heavy atom. The van der Waals surface area contributed by atoms with Crippen LogP contribution in [0.2, 0.25) is 0 Å². The van der Waals surface area contributed by atoms with E-state index >= 15 is 0 Å². The van der Waals surface area contributed by atoms with Gasteiger partial charge in [-0.1, -0.05) is 15.9 Å². The van der Waals surface area contributed by atoms with Crippen LogP contribution in [-0.2, 0) is 4.79 Å². The van der Waals surface area contributed by atoms with E-state index in [1.165, 1.54) is 13.3 Å². The third-order valence-corrected chi connectivity index (χ3v) is 4.32. The molecule has 0 spiro atoms. The highest BCUT2D eigenvalue weighted by Crippen LogP contribution is 2.31. The predicted molar refractivity (Wildman–Crippen MR) is 106 cm³/mol. The number of rotatable bonds is 6. The zero-order chi connectivity index (χ0) is 17.5. The lowest BCUT2D eigenvalue weighted by molar-refractivity contribution is -0.119. The van der Waals surface area contributed by atoms with Gasteiger partial charge in [0.15, 0.2) is 11.5 Å². The Morgan fingerprint density at radius 2 is 2.08 bits per heavy atom. The first-order chi connectivity index (χ1) is 11.5. The maximum Gasteiger partial charge on any atom is 0.259 e. The third-order valence-electron chi connectivity index (χ3n) is 2.97. The zero-order valence-corrected chi connectivity index (χ0v) is 16.5. The minimum Gasteiger partial charge on any atom is -0.504 e. The number of phenolic OH excluding ortho intramolecular Hbond substituents is 1. The van der Waals surface area contributed by atoms with Gasteiger partial charge < -0.3 is 15.2 Å². The summed E-state index contributed by atoms with van der Waals surface area (Å²) in [5.74, 6) is 0.166. The lowest BCUT2D eigenvalue weighted by Gasteiger charge is -2.07. The first kappa shape index (κ1) is 18.5. The molecule has 0 unspecified atom stereocenters. The summed E-state index contributed by atoms with van der Waals surface area (Å²) in [5, 5.41) is 16.7. The van der Waals surface area contributed by atoms with E-state index in [9.17, 15) is 9.90 Å². The predicted octanol–water partition coefficient (Wildman–Crippen LogP) is 3.33. The van der Waals surface area contributed by atoms with Gasteiger partial charge in [0.2, 0.25) is 0 Å². The summed E-state index contributed by atoms with van der Waals surface area (Å²) in [4.78, 5) is 11.8. The first-order valence-electron chi connectivity index (χ1n) is 6.87. The number of nitrogens with one attached hydrogen (secondary N) is 2. The summed E-state index contributed by atoms with van der Waals surface area (Å²) in [7, 11) is 1.47. The number of hydrogen-bond acceptors (Lipinski definition) is 5. The molecule has 0 aliphatic rings. The molecule has 126 valence electrons. The number of hydrogen-bond donors (Lipinski definition) is 3. The summed E-state index contributed by atoms with van der Waals surface area (Å²) in [6.07, 6.45) is 1.49. The van der Waals surface area contributed by atoms with Crippen molar-refractivity contribution in [2.24, 2.45) is 5.10 Å². The molecule has 2 aromatic carbocycles. The fourth-order valence-corrected chi connectivity index (χ4v) is 2.68. The fraction of sp³-hybridized carbons (Fsp3) is 0.125. The lowest BCUT2D eigenvalue weighted by atomic mass is 10.2. The molecule has 3 N–H and O–H groups in total. The van der Waals surface area contributed by atoms with Gasteiger partial charge in [-0.25, -0.2) is 5.43 Å². The van der Waals surface area contributed by atoms with Crippen LogP contribution < -0.4 is 15.5 Å². The van der Waals surface area contributed by atoms with Crippen LogP contribution in [0.1, 0.15) is 5.56 Å². The summed E-state index contributed by atoms with van der Waals surface area (Å²) in [6.45, 7) is 0.107. The van der Waals surface area contributed by atoms with Crippen LogP contribution in [0.5, 0.6) is 11.5 Å². The van der Waals surface area contributed by atoms with E-state index in [1.54, 1.807) is 12.1 Å². The molecule has 0 aliphatic carbocycles. The largest absolute Gasteiger partial charge is 0.504 e. The molecule has 0 radical (unpaired) electrons. The second-order valence-electron chi connectivity index (χ2n) is 4.71. The highest BCUT2D eigenvalue weighted by Gasteiger charge is 2.07. The normalized spacial score (nSPS) is 10.6. The smallest absolute Gasteiger partial charge is 0.259 e. The van der Waals surface area contributed by atoms with Gasteiger partial charge in [0.05, 0.1) is 23.4 Å². The summed E-state index contributed by atoms with van der Waals surface area (Å²) in [5.41, 5.74) is 3.98. The van der Waals surface area contributed by atoms with Crippen LogP contribution in [0.15, 0.2) is 46.0 Å². The topological polar surface area (TPSA) is 83.0 Å². The van der Waals surface area contributed by atoms with Crippen molar-refractivity contribution in [1.82, 2.24) is 5.43 Å². The van der Waals surface area contributed by atoms with E-state index < -0.39 is 0 Å². The van der Waals surface area contributed by atoms with Crippen LogP contribution in [0.25, 0.3) is 0 Å². The van der Waals surface area contributed by atoms with Gasteiger partial charge in [-0.05, 0) is 64.6 Å². The highest BCUT2D eigenvalue weighted by molar-refractivity contribution is 14.1. The molecular weight excluding hydrogens is 489 g/mol. The van der Waals surface area contributed by atoms with Crippen molar-refractivity contribution in [2.45, 2.75) is 0 Å². The molecule has 0 saturated carbocycles. The number of aromatic hydroxyl groups is 1. The van der Waals surface area contributed by atoms with Crippen molar-refractivity contribution in [3.05, 3.63) is 50.0 Å². The molecule has 0 saturated heterocycles. The molecule has 0 aliphatic heterocycles. The number of carbonyl (C=O) groups is 1. The Bertz CT molecular complexity index is 751. The second-order valence-corrected chi connectivity index (χ2v) is 6.79. The van der Waals surface area contributed by atoms with Crippen LogP contribution >= 0.6 is 38.5 Å². The maximum absolute atomic E-state index is 11.8. The molecule has 2 rings (SSSR count). The van der Waals surface area contributed by atoms with Crippen molar-refractivity contribution in [3.8, 4) is 11.5 Å². The Labute approximate surface area is 161 Å². The van der Waals surface area contributed by atoms with E-state index in [-0.39, 0.29) is 18.2 Å². The van der Waals surface area contributed by atoms with Crippen LogP contribution in [0.3, 0.4) is 0 Å². The number of anilines is 1. The number of nitrogens with zero attached hydrogens (tertiary/aromatic N) is 1. The molecule has 0 aromatic heterocycles. The number of amides is 1. The Morgan fingerprint density at radius 1 is 1.38 bits per heavy atom. The summed E-state index contributed by atoms with van der Waals surface area (Å²) in [6, 6.07) is 10.9. The van der Waals surface area contributed by atoms with Gasteiger partial charge in [0.1, 0.15) is 0 Å². The molecule has 24 heavy (non-hydrogen) atoms. The fourth-order valence-electron chi connectivity index (χ4n) is 1.79. The van der Waals surface area contributed by atoms with Crippen LogP contribution in [0.4, 0.5) is 5.69 Å². The number of carbonyl (C=O) groups excluding carboxylic acids is 1. The summed E-state index contributed by atoms with van der Waals surface area (Å²) < 4.78 is 6.68. The van der Waals surface area contributed by atoms with Gasteiger partial charge in [-0.15, -0.1) is 0 Å². The van der Waals surface area contributed by atoms with Gasteiger partial charge in [-0.3, -0.25) is 4.79 Å². The maximum atomic E-state index is 11.8. The number of ether oxygens (including phenoxy) is 1. The lowest BCUT2D eigenvalue weighted by Crippen LogP contribution is -2.25. The zero-order valence-electron chi connectivity index (χ0n) is 12.7. The minimum atomic E-state index is -0.269. The van der Waals surface area contributed by atoms with E-state index in [0.29, 0.717) is 14.9 Å². The van der Waals surface area contributed by atoms with E-state index in [1.807, 2.05) is 46.9 Å². The molecule has 0 heterocycles. The van der Waals surface area contributed by atoms with Gasteiger partial charge in [0.25, 0.3) is 5.91 Å². The number of halogens is 2. The Balaban J connectivity index is 1.88. The van der Waals surface area contributed by atoms with Crippen molar-refractivity contribution in [1.29, 1.82) is 0 Å². The monoisotopic (exact) mass is 503 g/mol. The quantitative estimate of drug-likeness (QED) is 0.321. The molecule has 8 heteroatoms. The SMILES string of the molecule is COc1cc(/C=N\NC(=O)CNc2ccc(Br)cc2)cc(I)c1O. The van der Waals surface area contributed by atoms with E-state index in [4.69, 9.17) is 4.74 Å². The molecule has 0 bridgehead atoms. The molecule has 2 aromatic rings. The number of methoxy groups -OCH3 is 1. The number of benzene rings is 2. The van der Waals surface area contributed by atoms with Gasteiger partial charge >= 0.3 is 0 Å². The molecular formula is C16H15BrIN3O3. The van der Waals surface area contributed by atoms with Gasteiger partial charge in [-0.2, -0.15) is 5.10 Å². The second kappa shape index (κ2) is 8.88. The van der Waals surface area contributed by atoms with Crippen LogP contribution in [-0.4, -0.2) is 30.9 Å². The number of hydrazone groups is 1. The molecule has 1 amide bonds. The van der Waals surface area contributed by atoms with Crippen molar-refractivity contribution in [2.75, 3.05) is 19.0 Å². The van der Waals surface area contributed by atoms with Crippen molar-refractivity contribution < 1.29 is 14.6 Å². The Kier molecular flexibility index (Phi) is 6.85. The standard InChI is InChI=1S/C16H15BrIN3O3/c1-24-14-7-10(6-13(18)16(14)23)8-20-21-15(22)9-19-12-4-2-11(17)3-5-12/h2-8,19,23H,9H2,1H3,(H,21,22)/b20-8-. The number of phenols is 1. The minimum absolute atomic E-state index is 0.0815. The average molecular weight is 504 g/mol. The van der Waals surface area contributed by atoms with Crippen molar-refractivity contribution >= 4 is 56.3 Å². The van der Waals surface area contributed by atoms with E-state index in [0.717, 1.165) is 10.2 Å². The summed E-state index contributed by atoms with van der Waals surface area (Å²) >= 11 is 5.34. The molecule has 6 nitrogen and oxygen atoms in total. The third kappa shape index (κ3) is 5.38. The van der Waals surface area contributed by atoms with Gasteiger partial charge in [0, 0.05) is 10.2 Å². The first-order valence-corrected chi connectivity index (χ1v) is 8.74. The highest BCUT2D eigenvalue weighted by atomic mass is 127. The molecule has 0 atom stereocenters.